The van der Waals surface area contributed by atoms with Gasteiger partial charge >= 0.3 is 0 Å². The third-order valence-electron chi connectivity index (χ3n) is 5.86. The van der Waals surface area contributed by atoms with Gasteiger partial charge in [-0.2, -0.15) is 0 Å². The standard InChI is InChI=1S/C20H28N4O/c1-22-11-9-17-16-7-3-4-8-18(16)24(19(17)13-22)14-20(25)23(2)15-6-5-10-21-12-15/h3-4,7-8,15,21H,5-6,9-14H2,1-2H3. The molecule has 1 unspecified atom stereocenters. The van der Waals surface area contributed by atoms with E-state index in [4.69, 9.17) is 0 Å². The zero-order valence-electron chi connectivity index (χ0n) is 15.3. The lowest BCUT2D eigenvalue weighted by atomic mass is 10.0. The zero-order valence-corrected chi connectivity index (χ0v) is 15.3. The van der Waals surface area contributed by atoms with Crippen molar-refractivity contribution in [1.82, 2.24) is 19.7 Å². The van der Waals surface area contributed by atoms with Gasteiger partial charge in [-0.3, -0.25) is 4.79 Å². The first-order valence-corrected chi connectivity index (χ1v) is 9.39. The molecule has 1 N–H and O–H groups in total. The highest BCUT2D eigenvalue weighted by molar-refractivity contribution is 5.88. The quantitative estimate of drug-likeness (QED) is 0.927. The van der Waals surface area contributed by atoms with Crippen LogP contribution in [0.5, 0.6) is 0 Å². The van der Waals surface area contributed by atoms with Gasteiger partial charge in [0.25, 0.3) is 0 Å². The molecule has 134 valence electrons. The fourth-order valence-corrected chi connectivity index (χ4v) is 4.32. The Morgan fingerprint density at radius 2 is 2.20 bits per heavy atom. The number of piperidine rings is 1. The highest BCUT2D eigenvalue weighted by atomic mass is 16.2. The second-order valence-corrected chi connectivity index (χ2v) is 7.52. The zero-order chi connectivity index (χ0) is 17.4. The summed E-state index contributed by atoms with van der Waals surface area (Å²) >= 11 is 0. The van der Waals surface area contributed by atoms with Crippen molar-refractivity contribution in [1.29, 1.82) is 0 Å². The summed E-state index contributed by atoms with van der Waals surface area (Å²) in [6, 6.07) is 8.86. The predicted octanol–water partition coefficient (Wildman–Crippen LogP) is 1.84. The van der Waals surface area contributed by atoms with Gasteiger partial charge in [0.05, 0.1) is 0 Å². The number of fused-ring (bicyclic) bond motifs is 3. The van der Waals surface area contributed by atoms with Crippen molar-refractivity contribution in [3.05, 3.63) is 35.5 Å². The third kappa shape index (κ3) is 3.07. The molecule has 5 nitrogen and oxygen atoms in total. The highest BCUT2D eigenvalue weighted by Crippen LogP contribution is 2.30. The predicted molar refractivity (Wildman–Crippen MR) is 101 cm³/mol. The van der Waals surface area contributed by atoms with Crippen LogP contribution in [0, 0.1) is 0 Å². The van der Waals surface area contributed by atoms with Crippen LogP contribution in [0.4, 0.5) is 0 Å². The summed E-state index contributed by atoms with van der Waals surface area (Å²) < 4.78 is 2.26. The van der Waals surface area contributed by atoms with E-state index in [2.05, 4.69) is 46.1 Å². The van der Waals surface area contributed by atoms with Crippen LogP contribution in [0.1, 0.15) is 24.1 Å². The topological polar surface area (TPSA) is 40.5 Å². The SMILES string of the molecule is CN1CCc2c(n(CC(=O)N(C)C3CCCNC3)c3ccccc23)C1. The number of carbonyl (C=O) groups excluding carboxylic acids is 1. The van der Waals surface area contributed by atoms with Crippen LogP contribution in [-0.2, 0) is 24.3 Å². The Balaban J connectivity index is 1.64. The van der Waals surface area contributed by atoms with Crippen LogP contribution in [-0.4, -0.2) is 60.0 Å². The second kappa shape index (κ2) is 6.81. The van der Waals surface area contributed by atoms with Crippen molar-refractivity contribution in [2.75, 3.05) is 33.7 Å². The van der Waals surface area contributed by atoms with Gasteiger partial charge in [-0.1, -0.05) is 18.2 Å². The minimum absolute atomic E-state index is 0.213. The number of hydrogen-bond acceptors (Lipinski definition) is 3. The monoisotopic (exact) mass is 340 g/mol. The summed E-state index contributed by atoms with van der Waals surface area (Å²) in [4.78, 5) is 17.3. The molecule has 5 heteroatoms. The van der Waals surface area contributed by atoms with E-state index in [0.29, 0.717) is 12.6 Å². The van der Waals surface area contributed by atoms with Crippen molar-refractivity contribution in [2.45, 2.75) is 38.4 Å². The first-order chi connectivity index (χ1) is 12.1. The Labute approximate surface area is 149 Å². The molecule has 0 radical (unpaired) electrons. The minimum Gasteiger partial charge on any atom is -0.340 e. The number of aromatic nitrogens is 1. The molecule has 0 saturated carbocycles. The summed E-state index contributed by atoms with van der Waals surface area (Å²) in [7, 11) is 4.12. The third-order valence-corrected chi connectivity index (χ3v) is 5.86. The molecule has 0 spiro atoms. The lowest BCUT2D eigenvalue weighted by Gasteiger charge is -2.32. The molecule has 1 amide bonds. The van der Waals surface area contributed by atoms with Gasteiger partial charge in [-0.05, 0) is 44.5 Å². The van der Waals surface area contributed by atoms with Crippen LogP contribution in [0.2, 0.25) is 0 Å². The maximum Gasteiger partial charge on any atom is 0.242 e. The Bertz CT molecular complexity index is 775. The van der Waals surface area contributed by atoms with E-state index in [1.807, 2.05) is 11.9 Å². The van der Waals surface area contributed by atoms with Gasteiger partial charge in [-0.25, -0.2) is 0 Å². The molecule has 2 aliphatic rings. The first-order valence-electron chi connectivity index (χ1n) is 9.39. The van der Waals surface area contributed by atoms with Crippen LogP contribution in [0.3, 0.4) is 0 Å². The maximum absolute atomic E-state index is 13.0. The summed E-state index contributed by atoms with van der Waals surface area (Å²) in [5.41, 5.74) is 3.95. The Kier molecular flexibility index (Phi) is 4.52. The Hall–Kier alpha value is -1.85. The number of likely N-dealkylation sites (N-methyl/N-ethyl adjacent to an activating group) is 2. The van der Waals surface area contributed by atoms with Crippen LogP contribution >= 0.6 is 0 Å². The number of benzene rings is 1. The number of nitrogens with zero attached hydrogens (tertiary/aromatic N) is 3. The summed E-state index contributed by atoms with van der Waals surface area (Å²) in [6.07, 6.45) is 3.31. The Morgan fingerprint density at radius 1 is 1.36 bits per heavy atom. The van der Waals surface area contributed by atoms with Gasteiger partial charge < -0.3 is 19.7 Å². The maximum atomic E-state index is 13.0. The average molecular weight is 340 g/mol. The molecule has 0 bridgehead atoms. The molecule has 3 heterocycles. The number of para-hydroxylation sites is 1. The number of carbonyl (C=O) groups is 1. The summed E-state index contributed by atoms with van der Waals surface area (Å²) in [5.74, 6) is 0.213. The summed E-state index contributed by atoms with van der Waals surface area (Å²) in [5, 5.41) is 4.73. The number of nitrogens with one attached hydrogen (secondary N) is 1. The second-order valence-electron chi connectivity index (χ2n) is 7.52. The van der Waals surface area contributed by atoms with Gasteiger partial charge in [-0.15, -0.1) is 0 Å². The van der Waals surface area contributed by atoms with Crippen LogP contribution in [0.15, 0.2) is 24.3 Å². The molecule has 1 saturated heterocycles. The molecule has 1 fully saturated rings. The number of amides is 1. The molecule has 0 aliphatic carbocycles. The van der Waals surface area contributed by atoms with Crippen LogP contribution in [0.25, 0.3) is 10.9 Å². The van der Waals surface area contributed by atoms with E-state index < -0.39 is 0 Å². The molecule has 1 aromatic heterocycles. The van der Waals surface area contributed by atoms with Gasteiger partial charge in [0.2, 0.25) is 5.91 Å². The summed E-state index contributed by atoms with van der Waals surface area (Å²) in [6.45, 7) is 4.43. The van der Waals surface area contributed by atoms with Crippen molar-refractivity contribution >= 4 is 16.8 Å². The van der Waals surface area contributed by atoms with E-state index in [9.17, 15) is 4.79 Å². The van der Waals surface area contributed by atoms with Gasteiger partial charge in [0, 0.05) is 49.3 Å². The van der Waals surface area contributed by atoms with Crippen molar-refractivity contribution in [2.24, 2.45) is 0 Å². The van der Waals surface area contributed by atoms with Gasteiger partial charge in [0.15, 0.2) is 0 Å². The normalized spacial score (nSPS) is 21.3. The highest BCUT2D eigenvalue weighted by Gasteiger charge is 2.26. The molecule has 1 aromatic carbocycles. The van der Waals surface area contributed by atoms with E-state index in [1.165, 1.54) is 22.2 Å². The van der Waals surface area contributed by atoms with Crippen molar-refractivity contribution in [3.8, 4) is 0 Å². The smallest absolute Gasteiger partial charge is 0.242 e. The molecule has 25 heavy (non-hydrogen) atoms. The van der Waals surface area contributed by atoms with E-state index in [0.717, 1.165) is 45.4 Å². The van der Waals surface area contributed by atoms with Crippen LogP contribution < -0.4 is 5.32 Å². The number of rotatable bonds is 3. The number of hydrogen-bond donors (Lipinski definition) is 1. The Morgan fingerprint density at radius 3 is 3.00 bits per heavy atom. The molecule has 1 atom stereocenters. The lowest BCUT2D eigenvalue weighted by Crippen LogP contribution is -2.47. The largest absolute Gasteiger partial charge is 0.340 e. The molecule has 2 aromatic rings. The molecule has 4 rings (SSSR count). The fourth-order valence-electron chi connectivity index (χ4n) is 4.32. The molecular weight excluding hydrogens is 312 g/mol. The van der Waals surface area contributed by atoms with Crippen molar-refractivity contribution in [3.63, 3.8) is 0 Å². The molecule has 2 aliphatic heterocycles. The first kappa shape index (κ1) is 16.6. The molecular formula is C20H28N4O. The minimum atomic E-state index is 0.213. The fraction of sp³-hybridized carbons (Fsp3) is 0.550. The van der Waals surface area contributed by atoms with E-state index in [-0.39, 0.29) is 5.91 Å². The van der Waals surface area contributed by atoms with Gasteiger partial charge in [0.1, 0.15) is 6.54 Å². The van der Waals surface area contributed by atoms with E-state index in [1.54, 1.807) is 0 Å². The lowest BCUT2D eigenvalue weighted by molar-refractivity contribution is -0.132. The van der Waals surface area contributed by atoms with E-state index >= 15 is 0 Å². The van der Waals surface area contributed by atoms with Crippen molar-refractivity contribution < 1.29 is 4.79 Å². The average Bonchev–Trinajstić information content (AvgIpc) is 2.95.